The number of benzene rings is 1. The van der Waals surface area contributed by atoms with Gasteiger partial charge in [0.25, 0.3) is 5.91 Å². The molecule has 23 heavy (non-hydrogen) atoms. The molecule has 0 radical (unpaired) electrons. The van der Waals surface area contributed by atoms with Crippen molar-refractivity contribution in [2.45, 2.75) is 46.6 Å². The third kappa shape index (κ3) is 8.00. The van der Waals surface area contributed by atoms with Gasteiger partial charge in [0.15, 0.2) is 5.96 Å². The van der Waals surface area contributed by atoms with Crippen molar-refractivity contribution in [1.82, 2.24) is 5.32 Å². The van der Waals surface area contributed by atoms with E-state index in [9.17, 15) is 4.79 Å². The van der Waals surface area contributed by atoms with E-state index < -0.39 is 0 Å². The Kier molecular flexibility index (Phi) is 8.43. The molecule has 1 rings (SSSR count). The highest BCUT2D eigenvalue weighted by Gasteiger charge is 2.01. The van der Waals surface area contributed by atoms with Crippen LogP contribution in [-0.4, -0.2) is 11.9 Å². The number of guanidine groups is 1. The lowest BCUT2D eigenvalue weighted by atomic mass is 10.1. The number of rotatable bonds is 7. The lowest BCUT2D eigenvalue weighted by Crippen LogP contribution is -2.31. The topological polar surface area (TPSA) is 67.5 Å². The number of carbonyl (C=O) groups excluding carboxylic acids is 1. The van der Waals surface area contributed by atoms with Crippen LogP contribution in [-0.2, 0) is 11.3 Å². The Morgan fingerprint density at radius 1 is 1.22 bits per heavy atom. The van der Waals surface area contributed by atoms with Crippen LogP contribution < -0.4 is 11.1 Å². The summed E-state index contributed by atoms with van der Waals surface area (Å²) < 4.78 is 0. The Labute approximate surface area is 139 Å². The lowest BCUT2D eigenvalue weighted by Gasteiger charge is -2.05. The second-order valence-corrected chi connectivity index (χ2v) is 5.53. The summed E-state index contributed by atoms with van der Waals surface area (Å²) in [6.07, 6.45) is 7.04. The standard InChI is InChI=1S/C19H27N3O/c1-4-5-7-10-15(2)16(3)13-18(23)22-19(20)21-14-17-11-8-6-9-12-17/h6,8-13H,4-5,7,14H2,1-3H3,(H3,20,21,22,23)/b15-10+,16-13+. The molecule has 0 saturated heterocycles. The summed E-state index contributed by atoms with van der Waals surface area (Å²) >= 11 is 0. The first-order valence-electron chi connectivity index (χ1n) is 8.04. The molecule has 1 amide bonds. The molecule has 0 aliphatic heterocycles. The highest BCUT2D eigenvalue weighted by atomic mass is 16.1. The molecule has 0 aromatic heterocycles. The summed E-state index contributed by atoms with van der Waals surface area (Å²) in [4.78, 5) is 15.8. The number of unbranched alkanes of at least 4 members (excludes halogenated alkanes) is 2. The second-order valence-electron chi connectivity index (χ2n) is 5.53. The number of hydrogen-bond acceptors (Lipinski definition) is 1. The number of hydrogen-bond donors (Lipinski definition) is 2. The molecule has 0 atom stereocenters. The summed E-state index contributed by atoms with van der Waals surface area (Å²) in [6.45, 7) is 6.63. The van der Waals surface area contributed by atoms with Crippen LogP contribution in [0, 0.1) is 0 Å². The van der Waals surface area contributed by atoms with E-state index in [4.69, 9.17) is 5.73 Å². The van der Waals surface area contributed by atoms with Gasteiger partial charge in [0.2, 0.25) is 0 Å². The number of amides is 1. The van der Waals surface area contributed by atoms with Crippen LogP contribution in [0.15, 0.2) is 58.6 Å². The molecule has 124 valence electrons. The molecular weight excluding hydrogens is 286 g/mol. The highest BCUT2D eigenvalue weighted by molar-refractivity contribution is 5.98. The van der Waals surface area contributed by atoms with Gasteiger partial charge in [-0.3, -0.25) is 4.79 Å². The number of nitrogens with one attached hydrogen (secondary N) is 1. The first-order valence-corrected chi connectivity index (χ1v) is 8.04. The van der Waals surface area contributed by atoms with Crippen molar-refractivity contribution in [3.63, 3.8) is 0 Å². The molecular formula is C19H27N3O. The average molecular weight is 313 g/mol. The molecule has 4 nitrogen and oxygen atoms in total. The van der Waals surface area contributed by atoms with Crippen molar-refractivity contribution < 1.29 is 4.79 Å². The van der Waals surface area contributed by atoms with Crippen LogP contribution in [0.3, 0.4) is 0 Å². The van der Waals surface area contributed by atoms with E-state index in [1.807, 2.05) is 44.2 Å². The van der Waals surface area contributed by atoms with E-state index >= 15 is 0 Å². The van der Waals surface area contributed by atoms with Crippen molar-refractivity contribution in [3.05, 3.63) is 59.2 Å². The van der Waals surface area contributed by atoms with Gasteiger partial charge in [0.1, 0.15) is 0 Å². The zero-order chi connectivity index (χ0) is 17.1. The zero-order valence-electron chi connectivity index (χ0n) is 14.3. The zero-order valence-corrected chi connectivity index (χ0v) is 14.3. The minimum atomic E-state index is -0.344. The molecule has 0 bridgehead atoms. The quantitative estimate of drug-likeness (QED) is 0.265. The van der Waals surface area contributed by atoms with Gasteiger partial charge in [-0.05, 0) is 31.4 Å². The Balaban J connectivity index is 2.55. The molecule has 0 spiro atoms. The van der Waals surface area contributed by atoms with Gasteiger partial charge in [-0.15, -0.1) is 0 Å². The fourth-order valence-corrected chi connectivity index (χ4v) is 1.96. The minimum Gasteiger partial charge on any atom is -0.370 e. The van der Waals surface area contributed by atoms with E-state index in [0.717, 1.165) is 29.6 Å². The summed E-state index contributed by atoms with van der Waals surface area (Å²) in [5, 5.41) is 2.94. The van der Waals surface area contributed by atoms with Crippen LogP contribution in [0.2, 0.25) is 0 Å². The number of nitrogens with two attached hydrogens (primary N) is 1. The van der Waals surface area contributed by atoms with Gasteiger partial charge < -0.3 is 11.1 Å². The Bertz CT molecular complexity index is 586. The van der Waals surface area contributed by atoms with Crippen molar-refractivity contribution in [1.29, 1.82) is 0 Å². The highest BCUT2D eigenvalue weighted by Crippen LogP contribution is 2.10. The van der Waals surface area contributed by atoms with E-state index in [2.05, 4.69) is 23.3 Å². The number of allylic oxidation sites excluding steroid dienone is 3. The maximum Gasteiger partial charge on any atom is 0.273 e. The first kappa shape index (κ1) is 18.7. The van der Waals surface area contributed by atoms with E-state index in [1.54, 1.807) is 0 Å². The van der Waals surface area contributed by atoms with Gasteiger partial charge in [-0.25, -0.2) is 0 Å². The fourth-order valence-electron chi connectivity index (χ4n) is 1.96. The Hall–Kier alpha value is -2.36. The summed E-state index contributed by atoms with van der Waals surface area (Å²) in [5.74, 6) is -0.209. The maximum atomic E-state index is 11.9. The molecule has 0 saturated carbocycles. The predicted octanol–water partition coefficient (Wildman–Crippen LogP) is 3.70. The van der Waals surface area contributed by atoms with Gasteiger partial charge in [-0.1, -0.05) is 61.7 Å². The van der Waals surface area contributed by atoms with Crippen LogP contribution in [0.25, 0.3) is 0 Å². The number of carbonyl (C=O) groups is 1. The monoisotopic (exact) mass is 313 g/mol. The van der Waals surface area contributed by atoms with Crippen LogP contribution in [0.1, 0.15) is 45.6 Å². The molecule has 1 aromatic rings. The molecule has 3 N–H and O–H groups in total. The number of nitrogens with zero attached hydrogens (tertiary/aromatic N) is 1. The number of aliphatic imine (C=N–C) groups is 1. The smallest absolute Gasteiger partial charge is 0.273 e. The van der Waals surface area contributed by atoms with Crippen LogP contribution in [0.5, 0.6) is 0 Å². The van der Waals surface area contributed by atoms with E-state index in [0.29, 0.717) is 6.54 Å². The lowest BCUT2D eigenvalue weighted by molar-refractivity contribution is -0.113. The molecule has 1 aromatic carbocycles. The molecule has 0 heterocycles. The normalized spacial score (nSPS) is 13.1. The van der Waals surface area contributed by atoms with Crippen molar-refractivity contribution in [3.8, 4) is 0 Å². The summed E-state index contributed by atoms with van der Waals surface area (Å²) in [5.41, 5.74) is 8.86. The van der Waals surface area contributed by atoms with Crippen LogP contribution >= 0.6 is 0 Å². The summed E-state index contributed by atoms with van der Waals surface area (Å²) in [6, 6.07) is 9.83. The maximum absolute atomic E-state index is 11.9. The van der Waals surface area contributed by atoms with Gasteiger partial charge in [-0.2, -0.15) is 4.99 Å². The summed E-state index contributed by atoms with van der Waals surface area (Å²) in [7, 11) is 0. The van der Waals surface area contributed by atoms with Crippen molar-refractivity contribution in [2.24, 2.45) is 10.7 Å². The molecule has 0 aliphatic carbocycles. The van der Waals surface area contributed by atoms with Gasteiger partial charge >= 0.3 is 0 Å². The van der Waals surface area contributed by atoms with E-state index in [1.165, 1.54) is 12.5 Å². The Morgan fingerprint density at radius 3 is 2.57 bits per heavy atom. The SMILES string of the molecule is CCCC/C=C(C)/C(C)=C/C(=O)/N=C(\N)NCc1ccccc1. The van der Waals surface area contributed by atoms with Crippen LogP contribution in [0.4, 0.5) is 0 Å². The third-order valence-corrected chi connectivity index (χ3v) is 3.52. The van der Waals surface area contributed by atoms with Gasteiger partial charge in [0.05, 0.1) is 0 Å². The largest absolute Gasteiger partial charge is 0.370 e. The van der Waals surface area contributed by atoms with Crippen molar-refractivity contribution >= 4 is 11.9 Å². The molecule has 0 fully saturated rings. The molecule has 0 unspecified atom stereocenters. The van der Waals surface area contributed by atoms with Gasteiger partial charge in [0, 0.05) is 12.6 Å². The molecule has 4 heteroatoms. The first-order chi connectivity index (χ1) is 11.0. The molecule has 0 aliphatic rings. The third-order valence-electron chi connectivity index (χ3n) is 3.52. The fraction of sp³-hybridized carbons (Fsp3) is 0.368. The Morgan fingerprint density at radius 2 is 1.91 bits per heavy atom. The predicted molar refractivity (Wildman–Crippen MR) is 97.0 cm³/mol. The average Bonchev–Trinajstić information content (AvgIpc) is 2.53. The second kappa shape index (κ2) is 10.4. The van der Waals surface area contributed by atoms with E-state index in [-0.39, 0.29) is 11.9 Å². The van der Waals surface area contributed by atoms with Crippen molar-refractivity contribution in [2.75, 3.05) is 0 Å². The minimum absolute atomic E-state index is 0.135.